The Kier molecular flexibility index (Phi) is 12.5. The summed E-state index contributed by atoms with van der Waals surface area (Å²) in [5.41, 5.74) is 1.32. The Morgan fingerprint density at radius 3 is 2.29 bits per heavy atom. The molecule has 0 N–H and O–H groups in total. The van der Waals surface area contributed by atoms with E-state index in [1.165, 1.54) is 31.4 Å². The summed E-state index contributed by atoms with van der Waals surface area (Å²) in [5.74, 6) is 0.946. The van der Waals surface area contributed by atoms with Crippen molar-refractivity contribution in [1.29, 1.82) is 5.26 Å². The van der Waals surface area contributed by atoms with Gasteiger partial charge in [0.25, 0.3) is 0 Å². The minimum absolute atomic E-state index is 0. The number of ketones is 1. The Labute approximate surface area is 233 Å². The molecule has 1 saturated heterocycles. The van der Waals surface area contributed by atoms with Gasteiger partial charge in [-0.2, -0.15) is 5.26 Å². The third-order valence-electron chi connectivity index (χ3n) is 7.97. The van der Waals surface area contributed by atoms with Gasteiger partial charge in [-0.1, -0.05) is 26.3 Å². The Morgan fingerprint density at radius 1 is 1.05 bits per heavy atom. The van der Waals surface area contributed by atoms with Crippen LogP contribution in [-0.4, -0.2) is 44.5 Å². The fourth-order valence-corrected chi connectivity index (χ4v) is 5.73. The van der Waals surface area contributed by atoms with Crippen LogP contribution in [0, 0.1) is 29.0 Å². The van der Waals surface area contributed by atoms with Crippen LogP contribution in [0.3, 0.4) is 0 Å². The number of carbonyl (C=O) groups excluding carboxylic acids is 1. The van der Waals surface area contributed by atoms with Gasteiger partial charge in [0.2, 0.25) is 0 Å². The van der Waals surface area contributed by atoms with Gasteiger partial charge < -0.3 is 14.4 Å². The molecule has 38 heavy (non-hydrogen) atoms. The maximum atomic E-state index is 13.8. The predicted octanol–water partition coefficient (Wildman–Crippen LogP) is 7.23. The van der Waals surface area contributed by atoms with E-state index in [1.54, 1.807) is 26.4 Å². The highest BCUT2D eigenvalue weighted by atomic mass is 35.5. The lowest BCUT2D eigenvalue weighted by Crippen LogP contribution is -2.48. The Hall–Kier alpha value is -2.62. The maximum Gasteiger partial charge on any atom is 0.165 e. The van der Waals surface area contributed by atoms with Gasteiger partial charge in [0.1, 0.15) is 5.82 Å². The van der Waals surface area contributed by atoms with Crippen molar-refractivity contribution in [2.75, 3.05) is 33.9 Å². The van der Waals surface area contributed by atoms with Crippen LogP contribution in [0.25, 0.3) is 0 Å². The van der Waals surface area contributed by atoms with Gasteiger partial charge in [0.15, 0.2) is 17.3 Å². The van der Waals surface area contributed by atoms with E-state index in [0.717, 1.165) is 25.2 Å². The van der Waals surface area contributed by atoms with E-state index < -0.39 is 0 Å². The number of carbonyl (C=O) groups is 1. The summed E-state index contributed by atoms with van der Waals surface area (Å²) in [5, 5.41) is 9.18. The summed E-state index contributed by atoms with van der Waals surface area (Å²) in [4.78, 5) is 16.4. The molecule has 3 rings (SSSR count). The minimum atomic E-state index is -0.357. The number of nitrogens with zero attached hydrogens (tertiary/aromatic N) is 2. The number of nitriles is 1. The van der Waals surface area contributed by atoms with E-state index in [-0.39, 0.29) is 41.3 Å². The molecular weight excluding hydrogens is 503 g/mol. The highest BCUT2D eigenvalue weighted by Gasteiger charge is 2.42. The fourth-order valence-electron chi connectivity index (χ4n) is 5.73. The van der Waals surface area contributed by atoms with Gasteiger partial charge in [-0.3, -0.25) is 4.79 Å². The smallest absolute Gasteiger partial charge is 0.165 e. The largest absolute Gasteiger partial charge is 0.493 e. The number of benzene rings is 2. The molecular formula is C31H42ClFN2O3. The highest BCUT2D eigenvalue weighted by molar-refractivity contribution is 5.97. The number of rotatable bonds is 13. The van der Waals surface area contributed by atoms with E-state index in [9.17, 15) is 14.4 Å². The van der Waals surface area contributed by atoms with E-state index in [0.29, 0.717) is 42.7 Å². The van der Waals surface area contributed by atoms with Crippen molar-refractivity contribution in [2.24, 2.45) is 11.8 Å². The second kappa shape index (κ2) is 15.1. The fraction of sp³-hybridized carbons (Fsp3) is 0.548. The number of hydrogen-bond acceptors (Lipinski definition) is 5. The van der Waals surface area contributed by atoms with Crippen LogP contribution in [0.4, 0.5) is 4.39 Å². The summed E-state index contributed by atoms with van der Waals surface area (Å²) < 4.78 is 24.8. The van der Waals surface area contributed by atoms with Crippen LogP contribution in [-0.2, 0) is 5.41 Å². The van der Waals surface area contributed by atoms with Gasteiger partial charge in [-0.15, -0.1) is 12.4 Å². The molecule has 2 unspecified atom stereocenters. The average molecular weight is 545 g/mol. The van der Waals surface area contributed by atoms with Gasteiger partial charge in [0, 0.05) is 29.9 Å². The molecule has 208 valence electrons. The van der Waals surface area contributed by atoms with Crippen LogP contribution in [0.1, 0.15) is 74.7 Å². The van der Waals surface area contributed by atoms with Crippen molar-refractivity contribution in [3.05, 3.63) is 59.4 Å². The molecule has 2 aromatic carbocycles. The number of Topliss-reactive ketones (excluding diaryl/α,β-unsaturated/α-hetero) is 1. The summed E-state index contributed by atoms with van der Waals surface area (Å²) in [6.45, 7) is 7.40. The number of likely N-dealkylation sites (tertiary alicyclic amines) is 1. The second-order valence-electron chi connectivity index (χ2n) is 10.5. The Bertz CT molecular complexity index is 1060. The molecule has 5 nitrogen and oxygen atoms in total. The zero-order valence-electron chi connectivity index (χ0n) is 23.2. The summed E-state index contributed by atoms with van der Waals surface area (Å²) in [6.07, 6.45) is 5.92. The first-order valence-electron chi connectivity index (χ1n) is 13.5. The van der Waals surface area contributed by atoms with E-state index in [2.05, 4.69) is 36.9 Å². The number of methoxy groups -OCH3 is 2. The Balaban J connectivity index is 0.00000507. The number of ether oxygens (including phenoxy) is 2. The topological polar surface area (TPSA) is 62.6 Å². The predicted molar refractivity (Wildman–Crippen MR) is 152 cm³/mol. The quantitative estimate of drug-likeness (QED) is 0.197. The molecule has 0 aliphatic carbocycles. The lowest BCUT2D eigenvalue weighted by molar-refractivity contribution is 0.0811. The van der Waals surface area contributed by atoms with Gasteiger partial charge in [0.05, 0.1) is 20.3 Å². The number of halogens is 2. The van der Waals surface area contributed by atoms with Crippen LogP contribution in [0.5, 0.6) is 11.5 Å². The molecule has 1 aliphatic rings. The third kappa shape index (κ3) is 7.71. The highest BCUT2D eigenvalue weighted by Crippen LogP contribution is 2.44. The van der Waals surface area contributed by atoms with Crippen molar-refractivity contribution in [3.8, 4) is 17.6 Å². The average Bonchev–Trinajstić information content (AvgIpc) is 2.92. The SMILES string of the molecule is COc1ccc(C(CC(CCCC#N)C(=O)c2ccc(F)cc2)(CN2CCCCC2)C(C)C)cc1OC.Cl. The normalized spacial score (nSPS) is 16.1. The van der Waals surface area contributed by atoms with Crippen molar-refractivity contribution in [3.63, 3.8) is 0 Å². The second-order valence-corrected chi connectivity index (χ2v) is 10.5. The maximum absolute atomic E-state index is 13.8. The van der Waals surface area contributed by atoms with E-state index in [1.807, 2.05) is 6.07 Å². The standard InChI is InChI=1S/C31H41FN2O3.ClH/c1-23(2)31(22-34-18-8-5-9-19-34,26-13-16-28(36-3)29(20-26)37-4)21-25(10-6-7-17-33)30(35)24-11-14-27(32)15-12-24;/h11-16,20,23,25H,5-10,18-19,21-22H2,1-4H3;1H. The molecule has 0 bridgehead atoms. The first-order chi connectivity index (χ1) is 17.8. The van der Waals surface area contributed by atoms with Crippen molar-refractivity contribution >= 4 is 18.2 Å². The molecule has 2 aromatic rings. The van der Waals surface area contributed by atoms with E-state index >= 15 is 0 Å². The minimum Gasteiger partial charge on any atom is -0.493 e. The number of piperidine rings is 1. The van der Waals surface area contributed by atoms with Crippen molar-refractivity contribution < 1.29 is 18.7 Å². The van der Waals surface area contributed by atoms with Gasteiger partial charge in [-0.05, 0) is 93.1 Å². The Morgan fingerprint density at radius 2 is 1.71 bits per heavy atom. The molecule has 1 aliphatic heterocycles. The first-order valence-corrected chi connectivity index (χ1v) is 13.5. The molecule has 7 heteroatoms. The molecule has 0 amide bonds. The molecule has 0 radical (unpaired) electrons. The summed E-state index contributed by atoms with van der Waals surface area (Å²) in [7, 11) is 3.28. The molecule has 1 fully saturated rings. The van der Waals surface area contributed by atoms with Crippen molar-refractivity contribution in [1.82, 2.24) is 4.90 Å². The molecule has 0 aromatic heterocycles. The van der Waals surface area contributed by atoms with Crippen LogP contribution < -0.4 is 9.47 Å². The summed E-state index contributed by atoms with van der Waals surface area (Å²) in [6, 6.07) is 14.2. The van der Waals surface area contributed by atoms with Crippen LogP contribution >= 0.6 is 12.4 Å². The van der Waals surface area contributed by atoms with Crippen LogP contribution in [0.2, 0.25) is 0 Å². The number of hydrogen-bond donors (Lipinski definition) is 0. The van der Waals surface area contributed by atoms with Gasteiger partial charge in [-0.25, -0.2) is 4.39 Å². The lowest BCUT2D eigenvalue weighted by atomic mass is 9.64. The van der Waals surface area contributed by atoms with Crippen molar-refractivity contribution in [2.45, 2.75) is 64.2 Å². The molecule has 0 saturated carbocycles. The molecule has 0 spiro atoms. The molecule has 2 atom stereocenters. The zero-order chi connectivity index (χ0) is 26.8. The number of unbranched alkanes of at least 4 members (excludes halogenated alkanes) is 1. The monoisotopic (exact) mass is 544 g/mol. The van der Waals surface area contributed by atoms with E-state index in [4.69, 9.17) is 9.47 Å². The van der Waals surface area contributed by atoms with Crippen LogP contribution in [0.15, 0.2) is 42.5 Å². The molecule has 1 heterocycles. The van der Waals surface area contributed by atoms with Gasteiger partial charge >= 0.3 is 0 Å². The summed E-state index contributed by atoms with van der Waals surface area (Å²) >= 11 is 0. The lowest BCUT2D eigenvalue weighted by Gasteiger charge is -2.45. The zero-order valence-corrected chi connectivity index (χ0v) is 24.0. The third-order valence-corrected chi connectivity index (χ3v) is 7.97. The first kappa shape index (κ1) is 31.6.